The van der Waals surface area contributed by atoms with Crippen LogP contribution in [0.25, 0.3) is 0 Å². The highest BCUT2D eigenvalue weighted by atomic mass is 32.2. The average Bonchev–Trinajstić information content (AvgIpc) is 3.18. The summed E-state index contributed by atoms with van der Waals surface area (Å²) < 4.78 is 39.3. The highest BCUT2D eigenvalue weighted by Gasteiger charge is 2.36. The van der Waals surface area contributed by atoms with Gasteiger partial charge in [0, 0.05) is 46.2 Å². The molecule has 0 amide bonds. The predicted octanol–water partition coefficient (Wildman–Crippen LogP) is -0.0956. The topological polar surface area (TPSA) is 89.9 Å². The van der Waals surface area contributed by atoms with Crippen LogP contribution >= 0.6 is 0 Å². The molecule has 140 valence electrons. The van der Waals surface area contributed by atoms with Crippen LogP contribution in [0.5, 0.6) is 0 Å². The number of aliphatic hydroxyl groups excluding tert-OH is 1. The van der Waals surface area contributed by atoms with Crippen LogP contribution in [0.2, 0.25) is 0 Å². The van der Waals surface area contributed by atoms with E-state index in [1.807, 2.05) is 4.90 Å². The zero-order valence-corrected chi connectivity index (χ0v) is 15.3. The minimum atomic E-state index is -3.41. The number of anilines is 2. The fourth-order valence-electron chi connectivity index (χ4n) is 3.25. The van der Waals surface area contributed by atoms with Gasteiger partial charge >= 0.3 is 0 Å². The number of nitrogens with zero attached hydrogens (tertiary/aromatic N) is 5. The molecule has 2 atom stereocenters. The smallest absolute Gasteiger partial charge is 0.227 e. The maximum atomic E-state index is 14.1. The van der Waals surface area contributed by atoms with Gasteiger partial charge in [-0.1, -0.05) is 0 Å². The Hall–Kier alpha value is -1.52. The summed E-state index contributed by atoms with van der Waals surface area (Å²) in [7, 11) is -0.466. The summed E-state index contributed by atoms with van der Waals surface area (Å²) in [5, 5.41) is 10.2. The molecule has 0 saturated carbocycles. The van der Waals surface area contributed by atoms with Gasteiger partial charge in [0.25, 0.3) is 0 Å². The minimum Gasteiger partial charge on any atom is -0.391 e. The molecule has 3 heterocycles. The molecule has 2 aliphatic heterocycles. The molecule has 2 saturated heterocycles. The highest BCUT2D eigenvalue weighted by Crippen LogP contribution is 2.27. The molecule has 1 aromatic heterocycles. The largest absolute Gasteiger partial charge is 0.391 e. The van der Waals surface area contributed by atoms with Crippen LogP contribution in [0.15, 0.2) is 6.20 Å². The average molecular weight is 373 g/mol. The van der Waals surface area contributed by atoms with Gasteiger partial charge < -0.3 is 14.9 Å². The molecule has 0 aliphatic carbocycles. The molecule has 1 N–H and O–H groups in total. The van der Waals surface area contributed by atoms with Crippen molar-refractivity contribution in [2.24, 2.45) is 5.92 Å². The molecular weight excluding hydrogens is 349 g/mol. The second-order valence-electron chi connectivity index (χ2n) is 6.83. The molecule has 0 spiro atoms. The number of sulfonamides is 1. The first kappa shape index (κ1) is 18.3. The van der Waals surface area contributed by atoms with E-state index in [9.17, 15) is 17.9 Å². The number of aliphatic hydroxyl groups is 1. The quantitative estimate of drug-likeness (QED) is 0.771. The summed E-state index contributed by atoms with van der Waals surface area (Å²) in [5.41, 5.74) is 0. The number of hydrogen-bond donors (Lipinski definition) is 1. The summed E-state index contributed by atoms with van der Waals surface area (Å²) in [6.07, 6.45) is 2.36. The molecule has 0 unspecified atom stereocenters. The third-order valence-electron chi connectivity index (χ3n) is 4.79. The van der Waals surface area contributed by atoms with Gasteiger partial charge in [-0.25, -0.2) is 22.1 Å². The van der Waals surface area contributed by atoms with Crippen molar-refractivity contribution in [2.45, 2.75) is 18.9 Å². The molecule has 0 aromatic carbocycles. The molecule has 8 nitrogen and oxygen atoms in total. The van der Waals surface area contributed by atoms with Crippen LogP contribution in [0.3, 0.4) is 0 Å². The fourth-order valence-corrected chi connectivity index (χ4v) is 4.42. The zero-order chi connectivity index (χ0) is 18.2. The van der Waals surface area contributed by atoms with Gasteiger partial charge in [0.1, 0.15) is 0 Å². The number of rotatable bonds is 5. The molecule has 0 radical (unpaired) electrons. The predicted molar refractivity (Wildman–Crippen MR) is 92.6 cm³/mol. The zero-order valence-electron chi connectivity index (χ0n) is 14.5. The molecule has 2 fully saturated rings. The van der Waals surface area contributed by atoms with Gasteiger partial charge in [-0.2, -0.15) is 4.98 Å². The van der Waals surface area contributed by atoms with Gasteiger partial charge in [0.15, 0.2) is 11.6 Å². The molecule has 10 heteroatoms. The first-order chi connectivity index (χ1) is 11.8. The first-order valence-electron chi connectivity index (χ1n) is 8.38. The van der Waals surface area contributed by atoms with Crippen LogP contribution in [-0.2, 0) is 10.0 Å². The van der Waals surface area contributed by atoms with Crippen LogP contribution in [0.4, 0.5) is 16.2 Å². The molecule has 1 aromatic rings. The minimum absolute atomic E-state index is 0.141. The van der Waals surface area contributed by atoms with Crippen molar-refractivity contribution in [1.82, 2.24) is 14.3 Å². The van der Waals surface area contributed by atoms with E-state index in [1.54, 1.807) is 4.90 Å². The standard InChI is InChI=1S/C15H24FN5O3S/c1-19(2)25(23,24)10-11-8-21(9-13(11)22)15-17-7-12(16)14(18-15)20-5-3-4-6-20/h7,11,13,22H,3-6,8-10H2,1-2H3/t11-,13+/m0/s1. The van der Waals surface area contributed by atoms with Crippen molar-refractivity contribution >= 4 is 21.8 Å². The molecule has 3 rings (SSSR count). The Balaban J connectivity index is 1.76. The van der Waals surface area contributed by atoms with E-state index in [4.69, 9.17) is 0 Å². The maximum absolute atomic E-state index is 14.1. The second kappa shape index (κ2) is 7.00. The number of aromatic nitrogens is 2. The summed E-state index contributed by atoms with van der Waals surface area (Å²) >= 11 is 0. The number of β-amino-alcohol motifs (C(OH)–C–C–N with tert-alkyl or cyclic N) is 1. The van der Waals surface area contributed by atoms with E-state index in [2.05, 4.69) is 9.97 Å². The number of hydrogen-bond acceptors (Lipinski definition) is 7. The second-order valence-corrected chi connectivity index (χ2v) is 9.06. The van der Waals surface area contributed by atoms with Crippen LogP contribution in [-0.4, -0.2) is 79.9 Å². The van der Waals surface area contributed by atoms with Crippen LogP contribution in [0.1, 0.15) is 12.8 Å². The van der Waals surface area contributed by atoms with Crippen LogP contribution < -0.4 is 9.80 Å². The van der Waals surface area contributed by atoms with Crippen molar-refractivity contribution in [3.8, 4) is 0 Å². The lowest BCUT2D eigenvalue weighted by molar-refractivity contribution is 0.157. The Labute approximate surface area is 147 Å². The van der Waals surface area contributed by atoms with E-state index >= 15 is 0 Å². The molecule has 0 bridgehead atoms. The Bertz CT molecular complexity index is 724. The van der Waals surface area contributed by atoms with Gasteiger partial charge in [-0.15, -0.1) is 0 Å². The summed E-state index contributed by atoms with van der Waals surface area (Å²) in [6, 6.07) is 0. The Morgan fingerprint density at radius 2 is 1.96 bits per heavy atom. The van der Waals surface area contributed by atoms with Gasteiger partial charge in [0.2, 0.25) is 16.0 Å². The van der Waals surface area contributed by atoms with Crippen molar-refractivity contribution in [3.05, 3.63) is 12.0 Å². The summed E-state index contributed by atoms with van der Waals surface area (Å²) in [6.45, 7) is 2.08. The Morgan fingerprint density at radius 1 is 1.28 bits per heavy atom. The van der Waals surface area contributed by atoms with E-state index in [0.717, 1.165) is 36.4 Å². The van der Waals surface area contributed by atoms with Crippen molar-refractivity contribution in [2.75, 3.05) is 55.8 Å². The lowest BCUT2D eigenvalue weighted by Gasteiger charge is -2.21. The molecular formula is C15H24FN5O3S. The molecule has 2 aliphatic rings. The van der Waals surface area contributed by atoms with Gasteiger partial charge in [-0.3, -0.25) is 0 Å². The number of halogens is 1. The monoisotopic (exact) mass is 373 g/mol. The van der Waals surface area contributed by atoms with Crippen molar-refractivity contribution in [3.63, 3.8) is 0 Å². The van der Waals surface area contributed by atoms with E-state index in [1.165, 1.54) is 14.1 Å². The van der Waals surface area contributed by atoms with Crippen LogP contribution in [0, 0.1) is 11.7 Å². The summed E-state index contributed by atoms with van der Waals surface area (Å²) in [5.74, 6) is -0.431. The fraction of sp³-hybridized carbons (Fsp3) is 0.733. The van der Waals surface area contributed by atoms with Crippen molar-refractivity contribution in [1.29, 1.82) is 0 Å². The van der Waals surface area contributed by atoms with Gasteiger partial charge in [-0.05, 0) is 12.8 Å². The lowest BCUT2D eigenvalue weighted by Crippen LogP contribution is -2.33. The van der Waals surface area contributed by atoms with E-state index in [0.29, 0.717) is 12.5 Å². The molecule has 25 heavy (non-hydrogen) atoms. The Kier molecular flexibility index (Phi) is 5.12. The van der Waals surface area contributed by atoms with E-state index < -0.39 is 27.9 Å². The van der Waals surface area contributed by atoms with Gasteiger partial charge in [0.05, 0.1) is 18.1 Å². The third kappa shape index (κ3) is 3.85. The first-order valence-corrected chi connectivity index (χ1v) is 9.99. The highest BCUT2D eigenvalue weighted by molar-refractivity contribution is 7.89. The maximum Gasteiger partial charge on any atom is 0.227 e. The SMILES string of the molecule is CN(C)S(=O)(=O)C[C@@H]1CN(c2ncc(F)c(N3CCCC3)n2)C[C@H]1O. The normalized spacial score (nSPS) is 24.5. The third-order valence-corrected chi connectivity index (χ3v) is 6.75. The lowest BCUT2D eigenvalue weighted by atomic mass is 10.1. The Morgan fingerprint density at radius 3 is 2.60 bits per heavy atom. The van der Waals surface area contributed by atoms with Crippen molar-refractivity contribution < 1.29 is 17.9 Å². The van der Waals surface area contributed by atoms with E-state index in [-0.39, 0.29) is 18.1 Å². The summed E-state index contributed by atoms with van der Waals surface area (Å²) in [4.78, 5) is 12.0.